The van der Waals surface area contributed by atoms with Crippen molar-refractivity contribution in [2.45, 2.75) is 10.9 Å². The predicted octanol–water partition coefficient (Wildman–Crippen LogP) is 4.87. The molecule has 3 aromatic rings. The van der Waals surface area contributed by atoms with Gasteiger partial charge >= 0.3 is 0 Å². The molecule has 0 bridgehead atoms. The van der Waals surface area contributed by atoms with Crippen LogP contribution in [0.5, 0.6) is 5.75 Å². The van der Waals surface area contributed by atoms with E-state index < -0.39 is 16.1 Å². The number of ether oxygens (including phenoxy) is 1. The van der Waals surface area contributed by atoms with Gasteiger partial charge in [-0.3, -0.25) is 0 Å². The van der Waals surface area contributed by atoms with Crippen molar-refractivity contribution in [3.8, 4) is 5.75 Å². The van der Waals surface area contributed by atoms with Crippen molar-refractivity contribution < 1.29 is 13.2 Å². The number of benzene rings is 3. The Hall–Kier alpha value is -2.15. The Bertz CT molecular complexity index is 1010. The van der Waals surface area contributed by atoms with Gasteiger partial charge in [0.05, 0.1) is 18.0 Å². The van der Waals surface area contributed by atoms with Gasteiger partial charge in [-0.05, 0) is 41.5 Å². The van der Waals surface area contributed by atoms with E-state index in [0.29, 0.717) is 5.75 Å². The smallest absolute Gasteiger partial charge is 0.243 e. The van der Waals surface area contributed by atoms with Crippen LogP contribution < -0.4 is 4.74 Å². The monoisotopic (exact) mass is 445 g/mol. The fraction of sp³-hybridized carbons (Fsp3) is 0.143. The van der Waals surface area contributed by atoms with E-state index in [1.165, 1.54) is 4.31 Å². The maximum Gasteiger partial charge on any atom is 0.243 e. The van der Waals surface area contributed by atoms with Gasteiger partial charge in [-0.15, -0.1) is 0 Å². The van der Waals surface area contributed by atoms with E-state index in [1.54, 1.807) is 38.4 Å². The molecule has 1 unspecified atom stereocenters. The summed E-state index contributed by atoms with van der Waals surface area (Å²) in [6.45, 7) is 0. The van der Waals surface area contributed by atoms with E-state index >= 15 is 0 Å². The van der Waals surface area contributed by atoms with Gasteiger partial charge in [-0.1, -0.05) is 64.5 Å². The normalized spacial score (nSPS) is 12.7. The maximum absolute atomic E-state index is 13.3. The molecular formula is C21H20BrNO3S. The van der Waals surface area contributed by atoms with Crippen molar-refractivity contribution in [3.63, 3.8) is 0 Å². The molecule has 0 aliphatic carbocycles. The highest BCUT2D eigenvalue weighted by atomic mass is 79.9. The molecular weight excluding hydrogens is 426 g/mol. The van der Waals surface area contributed by atoms with Gasteiger partial charge in [0.1, 0.15) is 5.75 Å². The van der Waals surface area contributed by atoms with Gasteiger partial charge < -0.3 is 4.74 Å². The summed E-state index contributed by atoms with van der Waals surface area (Å²) in [5, 5.41) is 0. The highest BCUT2D eigenvalue weighted by Crippen LogP contribution is 2.35. The van der Waals surface area contributed by atoms with Crippen LogP contribution in [0.2, 0.25) is 0 Å². The lowest BCUT2D eigenvalue weighted by Crippen LogP contribution is -2.32. The third-order valence-corrected chi connectivity index (χ3v) is 6.97. The van der Waals surface area contributed by atoms with E-state index in [2.05, 4.69) is 15.9 Å². The topological polar surface area (TPSA) is 46.6 Å². The molecule has 0 aliphatic rings. The van der Waals surface area contributed by atoms with Crippen LogP contribution in [0.15, 0.2) is 88.2 Å². The summed E-state index contributed by atoms with van der Waals surface area (Å²) < 4.78 is 34.0. The standard InChI is InChI=1S/C21H20BrNO3S/c1-23(27(24,25)18-14-12-17(26-2)13-15-18)21(16-8-4-3-5-9-16)19-10-6-7-11-20(19)22/h3-15,21H,1-2H3. The summed E-state index contributed by atoms with van der Waals surface area (Å²) in [5.41, 5.74) is 1.77. The molecule has 6 heteroatoms. The van der Waals surface area contributed by atoms with Crippen molar-refractivity contribution in [3.05, 3.63) is 94.5 Å². The van der Waals surface area contributed by atoms with Crippen LogP contribution in [0.1, 0.15) is 17.2 Å². The minimum Gasteiger partial charge on any atom is -0.497 e. The Kier molecular flexibility index (Phi) is 5.99. The number of rotatable bonds is 6. The molecule has 0 spiro atoms. The van der Waals surface area contributed by atoms with Crippen LogP contribution >= 0.6 is 15.9 Å². The molecule has 140 valence electrons. The number of hydrogen-bond acceptors (Lipinski definition) is 3. The van der Waals surface area contributed by atoms with Gasteiger partial charge in [-0.25, -0.2) is 8.42 Å². The predicted molar refractivity (Wildman–Crippen MR) is 110 cm³/mol. The first kappa shape index (κ1) is 19.6. The first-order chi connectivity index (χ1) is 12.9. The largest absolute Gasteiger partial charge is 0.497 e. The van der Waals surface area contributed by atoms with E-state index in [4.69, 9.17) is 4.74 Å². The van der Waals surface area contributed by atoms with Crippen LogP contribution in [-0.2, 0) is 10.0 Å². The molecule has 3 rings (SSSR count). The van der Waals surface area contributed by atoms with Gasteiger partial charge in [0.15, 0.2) is 0 Å². The van der Waals surface area contributed by atoms with Gasteiger partial charge in [-0.2, -0.15) is 4.31 Å². The van der Waals surface area contributed by atoms with E-state index in [0.717, 1.165) is 15.6 Å². The Morgan fingerprint density at radius 3 is 2.07 bits per heavy atom. The minimum absolute atomic E-state index is 0.221. The number of halogens is 1. The van der Waals surface area contributed by atoms with Crippen LogP contribution in [0, 0.1) is 0 Å². The Morgan fingerprint density at radius 2 is 1.48 bits per heavy atom. The number of methoxy groups -OCH3 is 1. The molecule has 0 fully saturated rings. The van der Waals surface area contributed by atoms with E-state index in [1.807, 2.05) is 54.6 Å². The summed E-state index contributed by atoms with van der Waals surface area (Å²) in [6.07, 6.45) is 0. The first-order valence-corrected chi connectivity index (χ1v) is 10.6. The number of hydrogen-bond donors (Lipinski definition) is 0. The third-order valence-electron chi connectivity index (χ3n) is 4.42. The van der Waals surface area contributed by atoms with Crippen molar-refractivity contribution in [1.29, 1.82) is 0 Å². The van der Waals surface area contributed by atoms with Gasteiger partial charge in [0.2, 0.25) is 10.0 Å². The Balaban J connectivity index is 2.10. The average molecular weight is 446 g/mol. The zero-order chi connectivity index (χ0) is 19.4. The van der Waals surface area contributed by atoms with Crippen LogP contribution in [0.4, 0.5) is 0 Å². The quantitative estimate of drug-likeness (QED) is 0.543. The van der Waals surface area contributed by atoms with Gasteiger partial charge in [0.25, 0.3) is 0 Å². The summed E-state index contributed by atoms with van der Waals surface area (Å²) in [7, 11) is -0.562. The first-order valence-electron chi connectivity index (χ1n) is 8.36. The second kappa shape index (κ2) is 8.25. The zero-order valence-electron chi connectivity index (χ0n) is 15.0. The molecule has 0 saturated carbocycles. The lowest BCUT2D eigenvalue weighted by atomic mass is 9.99. The molecule has 0 radical (unpaired) electrons. The minimum atomic E-state index is -3.72. The SMILES string of the molecule is COc1ccc(S(=O)(=O)N(C)C(c2ccccc2)c2ccccc2Br)cc1. The number of sulfonamides is 1. The molecule has 0 amide bonds. The van der Waals surface area contributed by atoms with E-state index in [9.17, 15) is 8.42 Å². The molecule has 27 heavy (non-hydrogen) atoms. The molecule has 0 N–H and O–H groups in total. The van der Waals surface area contributed by atoms with Crippen molar-refractivity contribution >= 4 is 26.0 Å². The number of nitrogens with zero attached hydrogens (tertiary/aromatic N) is 1. The molecule has 0 aromatic heterocycles. The average Bonchev–Trinajstić information content (AvgIpc) is 2.70. The molecule has 0 aliphatic heterocycles. The van der Waals surface area contributed by atoms with Crippen molar-refractivity contribution in [1.82, 2.24) is 4.31 Å². The lowest BCUT2D eigenvalue weighted by molar-refractivity contribution is 0.412. The van der Waals surface area contributed by atoms with Crippen molar-refractivity contribution in [2.75, 3.05) is 14.2 Å². The fourth-order valence-electron chi connectivity index (χ4n) is 2.97. The van der Waals surface area contributed by atoms with Crippen LogP contribution in [0.25, 0.3) is 0 Å². The van der Waals surface area contributed by atoms with Crippen LogP contribution in [-0.4, -0.2) is 26.9 Å². The Morgan fingerprint density at radius 1 is 0.889 bits per heavy atom. The molecule has 0 heterocycles. The summed E-state index contributed by atoms with van der Waals surface area (Å²) in [4.78, 5) is 0.221. The van der Waals surface area contributed by atoms with Crippen molar-refractivity contribution in [2.24, 2.45) is 0 Å². The fourth-order valence-corrected chi connectivity index (χ4v) is 4.80. The van der Waals surface area contributed by atoms with Crippen LogP contribution in [0.3, 0.4) is 0 Å². The highest BCUT2D eigenvalue weighted by molar-refractivity contribution is 9.10. The highest BCUT2D eigenvalue weighted by Gasteiger charge is 2.31. The van der Waals surface area contributed by atoms with E-state index in [-0.39, 0.29) is 4.90 Å². The summed E-state index contributed by atoms with van der Waals surface area (Å²) in [5.74, 6) is 0.613. The molecule has 1 atom stereocenters. The lowest BCUT2D eigenvalue weighted by Gasteiger charge is -2.29. The molecule has 3 aromatic carbocycles. The molecule has 0 saturated heterocycles. The Labute approximate surface area is 168 Å². The maximum atomic E-state index is 13.3. The third kappa shape index (κ3) is 4.08. The second-order valence-corrected chi connectivity index (χ2v) is 8.88. The zero-order valence-corrected chi connectivity index (χ0v) is 17.4. The summed E-state index contributed by atoms with van der Waals surface area (Å²) >= 11 is 3.57. The summed E-state index contributed by atoms with van der Waals surface area (Å²) in [6, 6.07) is 23.2. The van der Waals surface area contributed by atoms with Gasteiger partial charge in [0, 0.05) is 11.5 Å². The second-order valence-electron chi connectivity index (χ2n) is 6.03. The molecule has 4 nitrogen and oxygen atoms in total.